The first-order chi connectivity index (χ1) is 10.1. The molecule has 114 valence electrons. The van der Waals surface area contributed by atoms with Crippen LogP contribution < -0.4 is 10.2 Å². The van der Waals surface area contributed by atoms with Crippen LogP contribution >= 0.6 is 34.7 Å². The molecule has 1 aromatic carbocycles. The molecule has 0 fully saturated rings. The molecule has 1 heterocycles. The highest BCUT2D eigenvalue weighted by molar-refractivity contribution is 8.01. The van der Waals surface area contributed by atoms with Gasteiger partial charge < -0.3 is 10.2 Å². The quantitative estimate of drug-likeness (QED) is 0.772. The van der Waals surface area contributed by atoms with Crippen LogP contribution in [-0.4, -0.2) is 30.8 Å². The van der Waals surface area contributed by atoms with E-state index in [9.17, 15) is 0 Å². The average molecular weight is 343 g/mol. The molecule has 0 atom stereocenters. The SMILES string of the molecule is CCCNCc1ccc(Cl)cc1Sc1nnc(N(C)C)s1. The largest absolute Gasteiger partial charge is 0.353 e. The number of anilines is 1. The normalized spacial score (nSPS) is 10.9. The van der Waals surface area contributed by atoms with Gasteiger partial charge in [-0.05, 0) is 30.7 Å². The van der Waals surface area contributed by atoms with Crippen LogP contribution in [0.15, 0.2) is 27.4 Å². The van der Waals surface area contributed by atoms with Crippen LogP contribution in [0.25, 0.3) is 0 Å². The van der Waals surface area contributed by atoms with Crippen molar-refractivity contribution in [2.24, 2.45) is 0 Å². The summed E-state index contributed by atoms with van der Waals surface area (Å²) in [5.74, 6) is 0. The summed E-state index contributed by atoms with van der Waals surface area (Å²) < 4.78 is 0.928. The third-order valence-corrected chi connectivity index (χ3v) is 5.22. The maximum atomic E-state index is 6.13. The van der Waals surface area contributed by atoms with Gasteiger partial charge in [0, 0.05) is 30.6 Å². The Bertz CT molecular complexity index is 586. The van der Waals surface area contributed by atoms with Crippen molar-refractivity contribution in [3.63, 3.8) is 0 Å². The van der Waals surface area contributed by atoms with Crippen LogP contribution in [0.5, 0.6) is 0 Å². The Hall–Kier alpha value is -0.820. The highest BCUT2D eigenvalue weighted by Gasteiger charge is 2.11. The topological polar surface area (TPSA) is 41.1 Å². The molecule has 0 spiro atoms. The first kappa shape index (κ1) is 16.5. The second-order valence-electron chi connectivity index (χ2n) is 4.78. The highest BCUT2D eigenvalue weighted by atomic mass is 35.5. The van der Waals surface area contributed by atoms with Crippen LogP contribution in [0.3, 0.4) is 0 Å². The summed E-state index contributed by atoms with van der Waals surface area (Å²) in [4.78, 5) is 3.09. The molecule has 7 heteroatoms. The molecule has 0 unspecified atom stereocenters. The van der Waals surface area contributed by atoms with Gasteiger partial charge in [0.2, 0.25) is 5.13 Å². The zero-order chi connectivity index (χ0) is 15.2. The molecule has 0 amide bonds. The Balaban J connectivity index is 2.14. The van der Waals surface area contributed by atoms with Gasteiger partial charge in [0.25, 0.3) is 0 Å². The van der Waals surface area contributed by atoms with E-state index < -0.39 is 0 Å². The summed E-state index contributed by atoms with van der Waals surface area (Å²) in [6.45, 7) is 4.01. The minimum Gasteiger partial charge on any atom is -0.353 e. The van der Waals surface area contributed by atoms with Gasteiger partial charge in [0.15, 0.2) is 4.34 Å². The van der Waals surface area contributed by atoms with E-state index in [2.05, 4.69) is 28.5 Å². The van der Waals surface area contributed by atoms with Crippen LogP contribution in [0.2, 0.25) is 5.02 Å². The number of aromatic nitrogens is 2. The van der Waals surface area contributed by atoms with Crippen molar-refractivity contribution in [1.82, 2.24) is 15.5 Å². The van der Waals surface area contributed by atoms with E-state index in [1.807, 2.05) is 31.1 Å². The molecular weight excluding hydrogens is 324 g/mol. The summed E-state index contributed by atoms with van der Waals surface area (Å²) >= 11 is 9.33. The van der Waals surface area contributed by atoms with Gasteiger partial charge in [-0.15, -0.1) is 10.2 Å². The summed E-state index contributed by atoms with van der Waals surface area (Å²) in [5, 5.41) is 13.5. The third kappa shape index (κ3) is 4.85. The molecule has 0 bridgehead atoms. The fourth-order valence-corrected chi connectivity index (χ4v) is 3.81. The molecule has 1 N–H and O–H groups in total. The summed E-state index contributed by atoms with van der Waals surface area (Å²) in [7, 11) is 3.93. The predicted octanol–water partition coefficient (Wildman–Crippen LogP) is 3.91. The number of rotatable bonds is 7. The Morgan fingerprint density at radius 2 is 2.14 bits per heavy atom. The molecule has 0 aliphatic carbocycles. The van der Waals surface area contributed by atoms with Gasteiger partial charge in [-0.2, -0.15) is 0 Å². The molecular formula is C14H19ClN4S2. The zero-order valence-corrected chi connectivity index (χ0v) is 14.8. The van der Waals surface area contributed by atoms with Crippen molar-refractivity contribution in [1.29, 1.82) is 0 Å². The molecule has 2 aromatic rings. The van der Waals surface area contributed by atoms with Crippen LogP contribution in [0.1, 0.15) is 18.9 Å². The Labute approximate surface area is 138 Å². The van der Waals surface area contributed by atoms with Crippen molar-refractivity contribution in [2.45, 2.75) is 29.1 Å². The molecule has 1 aromatic heterocycles. The molecule has 0 saturated carbocycles. The number of benzene rings is 1. The second kappa shape index (κ2) is 7.98. The molecule has 21 heavy (non-hydrogen) atoms. The minimum atomic E-state index is 0.745. The number of halogens is 1. The second-order valence-corrected chi connectivity index (χ2v) is 7.46. The molecule has 4 nitrogen and oxygen atoms in total. The van der Waals surface area contributed by atoms with Gasteiger partial charge in [-0.3, -0.25) is 0 Å². The lowest BCUT2D eigenvalue weighted by Gasteiger charge is -2.09. The molecule has 0 aliphatic heterocycles. The Kier molecular flexibility index (Phi) is 6.29. The van der Waals surface area contributed by atoms with Crippen molar-refractivity contribution < 1.29 is 0 Å². The van der Waals surface area contributed by atoms with E-state index in [1.165, 1.54) is 5.56 Å². The average Bonchev–Trinajstić information content (AvgIpc) is 2.90. The fraction of sp³-hybridized carbons (Fsp3) is 0.429. The summed E-state index contributed by atoms with van der Waals surface area (Å²) in [6, 6.07) is 5.99. The van der Waals surface area contributed by atoms with Gasteiger partial charge in [0.1, 0.15) is 0 Å². The first-order valence-electron chi connectivity index (χ1n) is 6.78. The lowest BCUT2D eigenvalue weighted by atomic mass is 10.2. The van der Waals surface area contributed by atoms with E-state index in [-0.39, 0.29) is 0 Å². The minimum absolute atomic E-state index is 0.745. The number of hydrogen-bond acceptors (Lipinski definition) is 6. The standard InChI is InChI=1S/C14H19ClN4S2/c1-4-7-16-9-10-5-6-11(15)8-12(10)20-14-18-17-13(21-14)19(2)3/h5-6,8,16H,4,7,9H2,1-3H3. The molecule has 0 saturated heterocycles. The zero-order valence-electron chi connectivity index (χ0n) is 12.4. The van der Waals surface area contributed by atoms with E-state index in [0.717, 1.165) is 38.9 Å². The summed E-state index contributed by atoms with van der Waals surface area (Å²) in [5.41, 5.74) is 1.24. The van der Waals surface area contributed by atoms with Crippen LogP contribution in [0.4, 0.5) is 5.13 Å². The monoisotopic (exact) mass is 342 g/mol. The molecule has 0 aliphatic rings. The van der Waals surface area contributed by atoms with Crippen molar-refractivity contribution in [3.8, 4) is 0 Å². The van der Waals surface area contributed by atoms with Crippen molar-refractivity contribution in [3.05, 3.63) is 28.8 Å². The fourth-order valence-electron chi connectivity index (χ4n) is 1.69. The Morgan fingerprint density at radius 3 is 2.81 bits per heavy atom. The van der Waals surface area contributed by atoms with Crippen molar-refractivity contribution >= 4 is 39.8 Å². The van der Waals surface area contributed by atoms with E-state index in [4.69, 9.17) is 11.6 Å². The molecule has 0 radical (unpaired) electrons. The number of hydrogen-bond donors (Lipinski definition) is 1. The Morgan fingerprint density at radius 1 is 1.33 bits per heavy atom. The maximum absolute atomic E-state index is 6.13. The predicted molar refractivity (Wildman–Crippen MR) is 91.8 cm³/mol. The van der Waals surface area contributed by atoms with E-state index >= 15 is 0 Å². The smallest absolute Gasteiger partial charge is 0.208 e. The number of nitrogens with zero attached hydrogens (tertiary/aromatic N) is 3. The maximum Gasteiger partial charge on any atom is 0.208 e. The van der Waals surface area contributed by atoms with Gasteiger partial charge >= 0.3 is 0 Å². The van der Waals surface area contributed by atoms with Crippen molar-refractivity contribution in [2.75, 3.05) is 25.5 Å². The van der Waals surface area contributed by atoms with Gasteiger partial charge in [-0.25, -0.2) is 0 Å². The lowest BCUT2D eigenvalue weighted by Crippen LogP contribution is -2.14. The summed E-state index contributed by atoms with van der Waals surface area (Å²) in [6.07, 6.45) is 1.12. The lowest BCUT2D eigenvalue weighted by molar-refractivity contribution is 0.669. The van der Waals surface area contributed by atoms with Crippen LogP contribution in [-0.2, 0) is 6.54 Å². The van der Waals surface area contributed by atoms with Gasteiger partial charge in [0.05, 0.1) is 0 Å². The molecule has 2 rings (SSSR count). The highest BCUT2D eigenvalue weighted by Crippen LogP contribution is 2.35. The van der Waals surface area contributed by atoms with Crippen LogP contribution in [0, 0.1) is 0 Å². The van der Waals surface area contributed by atoms with E-state index in [0.29, 0.717) is 0 Å². The first-order valence-corrected chi connectivity index (χ1v) is 8.79. The van der Waals surface area contributed by atoms with E-state index in [1.54, 1.807) is 23.1 Å². The third-order valence-electron chi connectivity index (χ3n) is 2.75. The number of nitrogens with one attached hydrogen (secondary N) is 1. The van der Waals surface area contributed by atoms with Gasteiger partial charge in [-0.1, -0.05) is 47.7 Å².